The number of hydrogen-bond acceptors (Lipinski definition) is 5. The molecule has 2 aromatic carbocycles. The van der Waals surface area contributed by atoms with Crippen molar-refractivity contribution >= 4 is 52.2 Å². The molecule has 0 unspecified atom stereocenters. The molecule has 38 heavy (non-hydrogen) atoms. The van der Waals surface area contributed by atoms with Crippen LogP contribution in [-0.4, -0.2) is 72.6 Å². The Kier molecular flexibility index (Phi) is 10.4. The summed E-state index contributed by atoms with van der Waals surface area (Å²) in [5.41, 5.74) is 1.21. The van der Waals surface area contributed by atoms with Gasteiger partial charge < -0.3 is 19.9 Å². The fourth-order valence-corrected chi connectivity index (χ4v) is 5.20. The monoisotopic (exact) mass is 578 g/mol. The van der Waals surface area contributed by atoms with Gasteiger partial charge in [-0.3, -0.25) is 9.69 Å². The van der Waals surface area contributed by atoms with E-state index in [1.165, 1.54) is 17.0 Å². The van der Waals surface area contributed by atoms with Crippen LogP contribution in [0, 0.1) is 5.82 Å². The molecule has 11 heteroatoms. The minimum Gasteiger partial charge on any atom is -0.379 e. The van der Waals surface area contributed by atoms with Gasteiger partial charge in [-0.1, -0.05) is 41.4 Å². The molecule has 1 aliphatic rings. The number of nitrogens with one attached hydrogen (secondary N) is 1. The number of amides is 3. The summed E-state index contributed by atoms with van der Waals surface area (Å²) < 4.78 is 18.9. The molecule has 0 bridgehead atoms. The van der Waals surface area contributed by atoms with Crippen LogP contribution in [0.25, 0.3) is 0 Å². The molecule has 202 valence electrons. The summed E-state index contributed by atoms with van der Waals surface area (Å²) >= 11 is 13.8. The van der Waals surface area contributed by atoms with Gasteiger partial charge in [0.2, 0.25) is 5.91 Å². The van der Waals surface area contributed by atoms with Crippen molar-refractivity contribution in [3.05, 3.63) is 86.3 Å². The van der Waals surface area contributed by atoms with Gasteiger partial charge in [-0.15, -0.1) is 11.3 Å². The van der Waals surface area contributed by atoms with Crippen molar-refractivity contribution in [3.63, 3.8) is 0 Å². The van der Waals surface area contributed by atoms with Gasteiger partial charge in [0.15, 0.2) is 0 Å². The minimum atomic E-state index is -0.436. The zero-order valence-electron chi connectivity index (χ0n) is 20.7. The first-order chi connectivity index (χ1) is 18.4. The number of thiophene rings is 1. The first kappa shape index (κ1) is 28.3. The largest absolute Gasteiger partial charge is 0.379 e. The van der Waals surface area contributed by atoms with E-state index < -0.39 is 6.03 Å². The van der Waals surface area contributed by atoms with Crippen molar-refractivity contribution in [2.45, 2.75) is 13.1 Å². The molecule has 0 radical (unpaired) electrons. The highest BCUT2D eigenvalue weighted by Crippen LogP contribution is 2.25. The predicted octanol–water partition coefficient (Wildman–Crippen LogP) is 5.59. The average molecular weight is 580 g/mol. The minimum absolute atomic E-state index is 0.131. The fourth-order valence-electron chi connectivity index (χ4n) is 4.02. The molecule has 1 fully saturated rings. The first-order valence-electron chi connectivity index (χ1n) is 12.2. The maximum absolute atomic E-state index is 13.6. The van der Waals surface area contributed by atoms with Crippen LogP contribution in [0.15, 0.2) is 60.0 Å². The second kappa shape index (κ2) is 13.9. The summed E-state index contributed by atoms with van der Waals surface area (Å²) in [6.07, 6.45) is 0. The lowest BCUT2D eigenvalue weighted by molar-refractivity contribution is -0.133. The van der Waals surface area contributed by atoms with Gasteiger partial charge in [-0.25, -0.2) is 9.18 Å². The van der Waals surface area contributed by atoms with Crippen molar-refractivity contribution in [3.8, 4) is 0 Å². The molecule has 3 aromatic rings. The highest BCUT2D eigenvalue weighted by atomic mass is 35.5. The summed E-state index contributed by atoms with van der Waals surface area (Å²) in [6.45, 7) is 4.29. The summed E-state index contributed by atoms with van der Waals surface area (Å²) in [5, 5.41) is 5.53. The van der Waals surface area contributed by atoms with Crippen LogP contribution < -0.4 is 5.32 Å². The van der Waals surface area contributed by atoms with Gasteiger partial charge in [-0.2, -0.15) is 0 Å². The van der Waals surface area contributed by atoms with E-state index in [0.717, 1.165) is 23.5 Å². The van der Waals surface area contributed by atoms with Crippen molar-refractivity contribution < 1.29 is 18.7 Å². The van der Waals surface area contributed by atoms with Gasteiger partial charge in [0, 0.05) is 42.6 Å². The van der Waals surface area contributed by atoms with Gasteiger partial charge in [0.05, 0.1) is 30.5 Å². The third-order valence-corrected chi connectivity index (χ3v) is 7.55. The number of ether oxygens (including phenoxy) is 1. The molecule has 4 rings (SSSR count). The van der Waals surface area contributed by atoms with Gasteiger partial charge in [0.1, 0.15) is 12.4 Å². The summed E-state index contributed by atoms with van der Waals surface area (Å²) in [7, 11) is 0. The van der Waals surface area contributed by atoms with Gasteiger partial charge >= 0.3 is 6.03 Å². The van der Waals surface area contributed by atoms with E-state index in [1.807, 2.05) is 17.5 Å². The molecule has 1 N–H and O–H groups in total. The SMILES string of the molecule is O=C(CN(CCN1CCOCC1)C(=O)Nc1ccc(Cl)cc1Cl)N(Cc1ccc(F)cc1)Cc1cccs1. The maximum atomic E-state index is 13.6. The van der Waals surface area contributed by atoms with Crippen LogP contribution in [-0.2, 0) is 22.6 Å². The highest BCUT2D eigenvalue weighted by molar-refractivity contribution is 7.09. The van der Waals surface area contributed by atoms with E-state index in [0.29, 0.717) is 55.1 Å². The summed E-state index contributed by atoms with van der Waals surface area (Å²) in [5.74, 6) is -0.557. The third-order valence-electron chi connectivity index (χ3n) is 6.14. The molecule has 1 aliphatic heterocycles. The van der Waals surface area contributed by atoms with E-state index in [-0.39, 0.29) is 18.3 Å². The fraction of sp³-hybridized carbons (Fsp3) is 0.333. The Morgan fingerprint density at radius 3 is 2.47 bits per heavy atom. The van der Waals surface area contributed by atoms with Gasteiger partial charge in [-0.05, 0) is 47.3 Å². The van der Waals surface area contributed by atoms with Crippen molar-refractivity contribution in [1.82, 2.24) is 14.7 Å². The predicted molar refractivity (Wildman–Crippen MR) is 149 cm³/mol. The quantitative estimate of drug-likeness (QED) is 0.340. The number of carbonyl (C=O) groups excluding carboxylic acids is 2. The van der Waals surface area contributed by atoms with Crippen LogP contribution in [0.4, 0.5) is 14.9 Å². The molecule has 3 amide bonds. The Labute approximate surface area is 235 Å². The Morgan fingerprint density at radius 1 is 1.03 bits per heavy atom. The van der Waals surface area contributed by atoms with Crippen LogP contribution >= 0.6 is 34.5 Å². The highest BCUT2D eigenvalue weighted by Gasteiger charge is 2.24. The smallest absolute Gasteiger partial charge is 0.322 e. The molecule has 0 saturated carbocycles. The molecule has 0 atom stereocenters. The second-order valence-corrected chi connectivity index (χ2v) is 10.8. The van der Waals surface area contributed by atoms with E-state index >= 15 is 0 Å². The van der Waals surface area contributed by atoms with Crippen LogP contribution in [0.1, 0.15) is 10.4 Å². The van der Waals surface area contributed by atoms with E-state index in [9.17, 15) is 14.0 Å². The molecule has 0 aliphatic carbocycles. The maximum Gasteiger partial charge on any atom is 0.322 e. The topological polar surface area (TPSA) is 65.1 Å². The average Bonchev–Trinajstić information content (AvgIpc) is 3.42. The summed E-state index contributed by atoms with van der Waals surface area (Å²) in [6, 6.07) is 14.3. The number of anilines is 1. The third kappa shape index (κ3) is 8.41. The Balaban J connectivity index is 1.50. The Bertz CT molecular complexity index is 1210. The number of halogens is 3. The zero-order chi connectivity index (χ0) is 26.9. The lowest BCUT2D eigenvalue weighted by atomic mass is 10.2. The lowest BCUT2D eigenvalue weighted by Gasteiger charge is -2.31. The lowest BCUT2D eigenvalue weighted by Crippen LogP contribution is -2.48. The first-order valence-corrected chi connectivity index (χ1v) is 13.9. The molecule has 1 saturated heterocycles. The van der Waals surface area contributed by atoms with E-state index in [2.05, 4.69) is 10.2 Å². The molecule has 1 aromatic heterocycles. The number of urea groups is 1. The number of nitrogens with zero attached hydrogens (tertiary/aromatic N) is 3. The summed E-state index contributed by atoms with van der Waals surface area (Å²) in [4.78, 5) is 33.4. The van der Waals surface area contributed by atoms with Crippen molar-refractivity contribution in [1.29, 1.82) is 0 Å². The number of hydrogen-bond donors (Lipinski definition) is 1. The number of rotatable bonds is 10. The van der Waals surface area contributed by atoms with Crippen LogP contribution in [0.2, 0.25) is 10.0 Å². The van der Waals surface area contributed by atoms with Crippen LogP contribution in [0.3, 0.4) is 0 Å². The second-order valence-electron chi connectivity index (χ2n) is 8.89. The van der Waals surface area contributed by atoms with Crippen LogP contribution in [0.5, 0.6) is 0 Å². The zero-order valence-corrected chi connectivity index (χ0v) is 23.1. The Morgan fingerprint density at radius 2 is 1.79 bits per heavy atom. The molecular formula is C27H29Cl2FN4O3S. The molecular weight excluding hydrogens is 550 g/mol. The number of benzene rings is 2. The van der Waals surface area contributed by atoms with E-state index in [4.69, 9.17) is 27.9 Å². The number of carbonyl (C=O) groups is 2. The Hall–Kier alpha value is -2.69. The molecule has 7 nitrogen and oxygen atoms in total. The van der Waals surface area contributed by atoms with Gasteiger partial charge in [0.25, 0.3) is 0 Å². The number of morpholine rings is 1. The van der Waals surface area contributed by atoms with Crippen molar-refractivity contribution in [2.75, 3.05) is 51.3 Å². The van der Waals surface area contributed by atoms with E-state index in [1.54, 1.807) is 46.6 Å². The van der Waals surface area contributed by atoms with Crippen molar-refractivity contribution in [2.24, 2.45) is 0 Å². The molecule has 0 spiro atoms. The normalized spacial score (nSPS) is 13.8. The molecule has 2 heterocycles. The standard InChI is InChI=1S/C27H29Cl2FN4O3S/c28-21-5-8-25(24(29)16-21)31-27(36)33(10-9-32-11-13-37-14-12-32)19-26(35)34(18-23-2-1-15-38-23)17-20-3-6-22(30)7-4-20/h1-8,15-16H,9-14,17-19H2,(H,31,36).